The molecule has 1 aliphatic carbocycles. The van der Waals surface area contributed by atoms with Gasteiger partial charge >= 0.3 is 0 Å². The molecule has 2 aliphatic rings. The zero-order valence-corrected chi connectivity index (χ0v) is 15.5. The Labute approximate surface area is 151 Å². The summed E-state index contributed by atoms with van der Waals surface area (Å²) in [6.45, 7) is 2.55. The van der Waals surface area contributed by atoms with E-state index in [-0.39, 0.29) is 17.9 Å². The Morgan fingerprint density at radius 1 is 1.12 bits per heavy atom. The molecule has 0 radical (unpaired) electrons. The summed E-state index contributed by atoms with van der Waals surface area (Å²) in [5.74, 6) is 0.283. The van der Waals surface area contributed by atoms with E-state index in [0.29, 0.717) is 12.6 Å². The minimum atomic E-state index is 0.0411. The molecule has 1 aromatic carbocycles. The van der Waals surface area contributed by atoms with Crippen LogP contribution in [-0.2, 0) is 16.1 Å². The van der Waals surface area contributed by atoms with Crippen LogP contribution >= 0.6 is 0 Å². The lowest BCUT2D eigenvalue weighted by molar-refractivity contribution is -0.131. The molecule has 4 nitrogen and oxygen atoms in total. The normalized spacial score (nSPS) is 25.6. The van der Waals surface area contributed by atoms with E-state index >= 15 is 0 Å². The number of methoxy groups -OCH3 is 1. The summed E-state index contributed by atoms with van der Waals surface area (Å²) in [4.78, 5) is 15.4. The van der Waals surface area contributed by atoms with Crippen molar-refractivity contribution in [3.63, 3.8) is 0 Å². The van der Waals surface area contributed by atoms with Crippen molar-refractivity contribution >= 4 is 5.91 Å². The van der Waals surface area contributed by atoms with Gasteiger partial charge in [0.1, 0.15) is 0 Å². The molecule has 3 rings (SSSR count). The van der Waals surface area contributed by atoms with Gasteiger partial charge in [-0.25, -0.2) is 0 Å². The SMILES string of the molecule is COC[C@@H]1[C@H](C(=O)NC2CCCCC2)CCCN1Cc1ccccc1. The second-order valence-electron chi connectivity index (χ2n) is 7.57. The Morgan fingerprint density at radius 2 is 1.88 bits per heavy atom. The molecule has 25 heavy (non-hydrogen) atoms. The van der Waals surface area contributed by atoms with Crippen LogP contribution in [0.5, 0.6) is 0 Å². The van der Waals surface area contributed by atoms with Gasteiger partial charge in [0.15, 0.2) is 0 Å². The van der Waals surface area contributed by atoms with E-state index in [9.17, 15) is 4.79 Å². The van der Waals surface area contributed by atoms with Gasteiger partial charge in [-0.3, -0.25) is 9.69 Å². The van der Waals surface area contributed by atoms with Crippen LogP contribution in [0.15, 0.2) is 30.3 Å². The number of likely N-dealkylation sites (tertiary alicyclic amines) is 1. The molecule has 1 amide bonds. The van der Waals surface area contributed by atoms with Gasteiger partial charge in [-0.1, -0.05) is 49.6 Å². The van der Waals surface area contributed by atoms with Crippen LogP contribution in [0.25, 0.3) is 0 Å². The summed E-state index contributed by atoms with van der Waals surface area (Å²) in [6.07, 6.45) is 8.14. The molecule has 1 aliphatic heterocycles. The first-order valence-electron chi connectivity index (χ1n) is 9.85. The number of carbonyl (C=O) groups is 1. The monoisotopic (exact) mass is 344 g/mol. The number of hydrogen-bond donors (Lipinski definition) is 1. The second kappa shape index (κ2) is 9.35. The van der Waals surface area contributed by atoms with E-state index in [0.717, 1.165) is 38.8 Å². The molecule has 4 heteroatoms. The third-order valence-corrected chi connectivity index (χ3v) is 5.75. The fourth-order valence-corrected chi connectivity index (χ4v) is 4.39. The number of nitrogens with one attached hydrogen (secondary N) is 1. The van der Waals surface area contributed by atoms with E-state index < -0.39 is 0 Å². The Bertz CT molecular complexity index is 528. The highest BCUT2D eigenvalue weighted by Gasteiger charge is 2.36. The summed E-state index contributed by atoms with van der Waals surface area (Å²) >= 11 is 0. The second-order valence-corrected chi connectivity index (χ2v) is 7.57. The summed E-state index contributed by atoms with van der Waals surface area (Å²) in [5, 5.41) is 3.34. The maximum absolute atomic E-state index is 13.0. The van der Waals surface area contributed by atoms with Gasteiger partial charge in [0.2, 0.25) is 5.91 Å². The maximum atomic E-state index is 13.0. The van der Waals surface area contributed by atoms with Gasteiger partial charge in [-0.05, 0) is 37.8 Å². The minimum absolute atomic E-state index is 0.0411. The van der Waals surface area contributed by atoms with Crippen molar-refractivity contribution in [2.24, 2.45) is 5.92 Å². The van der Waals surface area contributed by atoms with Gasteiger partial charge in [-0.15, -0.1) is 0 Å². The molecule has 138 valence electrons. The Balaban J connectivity index is 1.65. The molecular formula is C21H32N2O2. The fourth-order valence-electron chi connectivity index (χ4n) is 4.39. The van der Waals surface area contributed by atoms with Crippen molar-refractivity contribution in [1.29, 1.82) is 0 Å². The van der Waals surface area contributed by atoms with Gasteiger partial charge < -0.3 is 10.1 Å². The Hall–Kier alpha value is -1.39. The molecule has 1 heterocycles. The third-order valence-electron chi connectivity index (χ3n) is 5.75. The van der Waals surface area contributed by atoms with Crippen LogP contribution in [0.3, 0.4) is 0 Å². The molecule has 2 atom stereocenters. The van der Waals surface area contributed by atoms with Crippen LogP contribution in [0.2, 0.25) is 0 Å². The highest BCUT2D eigenvalue weighted by atomic mass is 16.5. The van der Waals surface area contributed by atoms with E-state index in [1.165, 1.54) is 24.8 Å². The maximum Gasteiger partial charge on any atom is 0.224 e. The van der Waals surface area contributed by atoms with Gasteiger partial charge in [0.05, 0.1) is 12.5 Å². The number of nitrogens with zero attached hydrogens (tertiary/aromatic N) is 1. The highest BCUT2D eigenvalue weighted by molar-refractivity contribution is 5.79. The van der Waals surface area contributed by atoms with E-state index in [2.05, 4.69) is 34.5 Å². The van der Waals surface area contributed by atoms with Crippen molar-refractivity contribution < 1.29 is 9.53 Å². The Kier molecular flexibility index (Phi) is 6.88. The topological polar surface area (TPSA) is 41.6 Å². The number of benzene rings is 1. The first-order valence-corrected chi connectivity index (χ1v) is 9.85. The predicted octanol–water partition coefficient (Wildman–Crippen LogP) is 3.36. The molecule has 0 spiro atoms. The van der Waals surface area contributed by atoms with Crippen molar-refractivity contribution in [3.05, 3.63) is 35.9 Å². The molecular weight excluding hydrogens is 312 g/mol. The van der Waals surface area contributed by atoms with Crippen molar-refractivity contribution in [3.8, 4) is 0 Å². The average Bonchev–Trinajstić information content (AvgIpc) is 2.65. The van der Waals surface area contributed by atoms with Crippen LogP contribution in [-0.4, -0.2) is 43.2 Å². The lowest BCUT2D eigenvalue weighted by atomic mass is 9.87. The molecule has 0 unspecified atom stereocenters. The standard InChI is InChI=1S/C21H32N2O2/c1-25-16-20-19(21(24)22-18-11-6-3-7-12-18)13-8-14-23(20)15-17-9-4-2-5-10-17/h2,4-5,9-10,18-20H,3,6-8,11-16H2,1H3,(H,22,24)/t19-,20-/m1/s1. The number of carbonyl (C=O) groups excluding carboxylic acids is 1. The number of rotatable bonds is 6. The van der Waals surface area contributed by atoms with E-state index in [1.54, 1.807) is 7.11 Å². The molecule has 0 bridgehead atoms. The predicted molar refractivity (Wildman–Crippen MR) is 100 cm³/mol. The number of amides is 1. The zero-order valence-electron chi connectivity index (χ0n) is 15.5. The number of ether oxygens (including phenoxy) is 1. The van der Waals surface area contributed by atoms with Gasteiger partial charge in [0, 0.05) is 25.7 Å². The van der Waals surface area contributed by atoms with Crippen LogP contribution in [0.1, 0.15) is 50.5 Å². The summed E-state index contributed by atoms with van der Waals surface area (Å²) < 4.78 is 5.50. The average molecular weight is 344 g/mol. The summed E-state index contributed by atoms with van der Waals surface area (Å²) in [5.41, 5.74) is 1.30. The lowest BCUT2D eigenvalue weighted by Crippen LogP contribution is -2.53. The third kappa shape index (κ3) is 5.05. The van der Waals surface area contributed by atoms with Gasteiger partial charge in [0.25, 0.3) is 0 Å². The van der Waals surface area contributed by atoms with Crippen LogP contribution in [0, 0.1) is 5.92 Å². The number of hydrogen-bond acceptors (Lipinski definition) is 3. The van der Waals surface area contributed by atoms with Gasteiger partial charge in [-0.2, -0.15) is 0 Å². The van der Waals surface area contributed by atoms with Crippen LogP contribution < -0.4 is 5.32 Å². The fraction of sp³-hybridized carbons (Fsp3) is 0.667. The summed E-state index contributed by atoms with van der Waals surface area (Å²) in [7, 11) is 1.74. The van der Waals surface area contributed by atoms with Crippen molar-refractivity contribution in [2.75, 3.05) is 20.3 Å². The van der Waals surface area contributed by atoms with E-state index in [1.807, 2.05) is 6.07 Å². The molecule has 1 saturated heterocycles. The quantitative estimate of drug-likeness (QED) is 0.860. The number of piperidine rings is 1. The minimum Gasteiger partial charge on any atom is -0.383 e. The summed E-state index contributed by atoms with van der Waals surface area (Å²) in [6, 6.07) is 11.1. The molecule has 0 aromatic heterocycles. The molecule has 2 fully saturated rings. The van der Waals surface area contributed by atoms with E-state index in [4.69, 9.17) is 4.74 Å². The van der Waals surface area contributed by atoms with Crippen molar-refractivity contribution in [2.45, 2.75) is 63.6 Å². The lowest BCUT2D eigenvalue weighted by Gasteiger charge is -2.41. The smallest absolute Gasteiger partial charge is 0.224 e. The molecule has 1 N–H and O–H groups in total. The first-order chi connectivity index (χ1) is 12.3. The largest absolute Gasteiger partial charge is 0.383 e. The highest BCUT2D eigenvalue weighted by Crippen LogP contribution is 2.27. The molecule has 1 aromatic rings. The molecule has 1 saturated carbocycles. The Morgan fingerprint density at radius 3 is 2.60 bits per heavy atom. The first kappa shape index (κ1) is 18.4. The zero-order chi connectivity index (χ0) is 17.5. The van der Waals surface area contributed by atoms with Crippen molar-refractivity contribution in [1.82, 2.24) is 10.2 Å². The van der Waals surface area contributed by atoms with Crippen LogP contribution in [0.4, 0.5) is 0 Å².